The molecule has 2 aromatic rings. The summed E-state index contributed by atoms with van der Waals surface area (Å²) in [6.45, 7) is 0.556. The van der Waals surface area contributed by atoms with Crippen LogP contribution in [0.2, 0.25) is 10.0 Å². The maximum atomic E-state index is 12.8. The van der Waals surface area contributed by atoms with Crippen molar-refractivity contribution in [2.45, 2.75) is 17.7 Å². The van der Waals surface area contributed by atoms with Gasteiger partial charge in [-0.15, -0.1) is 0 Å². The van der Waals surface area contributed by atoms with Crippen molar-refractivity contribution in [2.75, 3.05) is 18.4 Å². The van der Waals surface area contributed by atoms with Crippen LogP contribution in [0.15, 0.2) is 53.4 Å². The molecule has 3 rings (SSSR count). The molecule has 1 heterocycles. The van der Waals surface area contributed by atoms with Gasteiger partial charge >= 0.3 is 0 Å². The topological polar surface area (TPSA) is 66.5 Å². The molecule has 0 unspecified atom stereocenters. The number of nitrogens with one attached hydrogen (secondary N) is 1. The Kier molecular flexibility index (Phi) is 5.87. The Balaban J connectivity index is 1.71. The molecule has 1 aliphatic heterocycles. The number of hydrogen-bond donors (Lipinski definition) is 1. The Morgan fingerprint density at radius 3 is 2.19 bits per heavy atom. The number of piperidine rings is 1. The van der Waals surface area contributed by atoms with Gasteiger partial charge in [0.05, 0.1) is 10.8 Å². The predicted octanol–water partition coefficient (Wildman–Crippen LogP) is 4.03. The molecule has 5 nitrogen and oxygen atoms in total. The molecular formula is C18H18Cl2N2O3S. The molecule has 0 aliphatic carbocycles. The van der Waals surface area contributed by atoms with Gasteiger partial charge in [0.25, 0.3) is 0 Å². The largest absolute Gasteiger partial charge is 0.326 e. The SMILES string of the molecule is O=C(Nc1ccc(Cl)cc1)[C@@H]1CCCN(S(=O)(=O)c2ccc(Cl)cc2)C1. The Morgan fingerprint density at radius 2 is 1.58 bits per heavy atom. The van der Waals surface area contributed by atoms with Crippen molar-refractivity contribution in [1.82, 2.24) is 4.31 Å². The maximum Gasteiger partial charge on any atom is 0.243 e. The number of carbonyl (C=O) groups is 1. The zero-order chi connectivity index (χ0) is 18.7. The highest BCUT2D eigenvalue weighted by Gasteiger charge is 2.33. The van der Waals surface area contributed by atoms with Crippen molar-refractivity contribution in [3.63, 3.8) is 0 Å². The molecule has 0 aromatic heterocycles. The van der Waals surface area contributed by atoms with E-state index in [2.05, 4.69) is 5.32 Å². The van der Waals surface area contributed by atoms with Gasteiger partial charge in [-0.1, -0.05) is 23.2 Å². The van der Waals surface area contributed by atoms with E-state index in [4.69, 9.17) is 23.2 Å². The van der Waals surface area contributed by atoms with Crippen molar-refractivity contribution in [1.29, 1.82) is 0 Å². The third-order valence-corrected chi connectivity index (χ3v) is 6.70. The first-order valence-corrected chi connectivity index (χ1v) is 10.4. The normalized spacial score (nSPS) is 18.5. The second-order valence-corrected chi connectivity index (χ2v) is 8.96. The van der Waals surface area contributed by atoms with Gasteiger partial charge in [-0.25, -0.2) is 8.42 Å². The highest BCUT2D eigenvalue weighted by molar-refractivity contribution is 7.89. The van der Waals surface area contributed by atoms with E-state index in [-0.39, 0.29) is 17.3 Å². The predicted molar refractivity (Wildman–Crippen MR) is 103 cm³/mol. The molecule has 8 heteroatoms. The Morgan fingerprint density at radius 1 is 1.00 bits per heavy atom. The highest BCUT2D eigenvalue weighted by atomic mass is 35.5. The van der Waals surface area contributed by atoms with Crippen LogP contribution in [0.5, 0.6) is 0 Å². The molecule has 26 heavy (non-hydrogen) atoms. The maximum absolute atomic E-state index is 12.8. The summed E-state index contributed by atoms with van der Waals surface area (Å²) in [5.74, 6) is -0.593. The monoisotopic (exact) mass is 412 g/mol. The number of benzene rings is 2. The second kappa shape index (κ2) is 7.96. The smallest absolute Gasteiger partial charge is 0.243 e. The van der Waals surface area contributed by atoms with Crippen LogP contribution in [0, 0.1) is 5.92 Å². The lowest BCUT2D eigenvalue weighted by atomic mass is 9.99. The number of carbonyl (C=O) groups excluding carboxylic acids is 1. The summed E-state index contributed by atoms with van der Waals surface area (Å²) in [6, 6.07) is 12.9. The van der Waals surface area contributed by atoms with Gasteiger partial charge in [0.15, 0.2) is 0 Å². The summed E-state index contributed by atoms with van der Waals surface area (Å²) in [7, 11) is -3.65. The van der Waals surface area contributed by atoms with Gasteiger partial charge < -0.3 is 5.32 Å². The standard InChI is InChI=1S/C18H18Cl2N2O3S/c19-14-3-7-16(8-4-14)21-18(23)13-2-1-11-22(12-13)26(24,25)17-9-5-15(20)6-10-17/h3-10,13H,1-2,11-12H2,(H,21,23)/t13-/m1/s1. The van der Waals surface area contributed by atoms with Crippen molar-refractivity contribution in [3.8, 4) is 0 Å². The van der Waals surface area contributed by atoms with Gasteiger partial charge in [0.2, 0.25) is 15.9 Å². The van der Waals surface area contributed by atoms with Gasteiger partial charge in [-0.3, -0.25) is 4.79 Å². The Labute approximate surface area is 163 Å². The van der Waals surface area contributed by atoms with E-state index in [0.717, 1.165) is 0 Å². The molecule has 138 valence electrons. The summed E-state index contributed by atoms with van der Waals surface area (Å²) in [5.41, 5.74) is 0.636. The van der Waals surface area contributed by atoms with E-state index < -0.39 is 15.9 Å². The summed E-state index contributed by atoms with van der Waals surface area (Å²) in [4.78, 5) is 12.7. The molecule has 1 N–H and O–H groups in total. The van der Waals surface area contributed by atoms with Gasteiger partial charge in [-0.05, 0) is 61.4 Å². The summed E-state index contributed by atoms with van der Waals surface area (Å²) in [5, 5.41) is 3.88. The van der Waals surface area contributed by atoms with E-state index >= 15 is 0 Å². The van der Waals surface area contributed by atoms with Gasteiger partial charge in [-0.2, -0.15) is 4.31 Å². The fraction of sp³-hybridized carbons (Fsp3) is 0.278. The number of anilines is 1. The van der Waals surface area contributed by atoms with Crippen molar-refractivity contribution in [2.24, 2.45) is 5.92 Å². The first-order valence-electron chi connectivity index (χ1n) is 8.18. The first-order chi connectivity index (χ1) is 12.4. The number of sulfonamides is 1. The molecule has 1 saturated heterocycles. The summed E-state index contributed by atoms with van der Waals surface area (Å²) in [6.07, 6.45) is 1.28. The van der Waals surface area contributed by atoms with Crippen molar-refractivity contribution < 1.29 is 13.2 Å². The minimum Gasteiger partial charge on any atom is -0.326 e. The van der Waals surface area contributed by atoms with Crippen LogP contribution in [-0.2, 0) is 14.8 Å². The van der Waals surface area contributed by atoms with E-state index in [0.29, 0.717) is 35.1 Å². The molecule has 1 amide bonds. The molecule has 0 radical (unpaired) electrons. The van der Waals surface area contributed by atoms with E-state index in [1.54, 1.807) is 36.4 Å². The van der Waals surface area contributed by atoms with Crippen LogP contribution in [0.1, 0.15) is 12.8 Å². The second-order valence-electron chi connectivity index (χ2n) is 6.15. The number of rotatable bonds is 4. The molecule has 1 aliphatic rings. The fourth-order valence-electron chi connectivity index (χ4n) is 2.91. The summed E-state index contributed by atoms with van der Waals surface area (Å²) >= 11 is 11.7. The Hall–Kier alpha value is -1.60. The molecule has 1 atom stereocenters. The molecule has 0 saturated carbocycles. The van der Waals surface area contributed by atoms with Crippen molar-refractivity contribution in [3.05, 3.63) is 58.6 Å². The summed E-state index contributed by atoms with van der Waals surface area (Å²) < 4.78 is 27.0. The van der Waals surface area contributed by atoms with Crippen molar-refractivity contribution >= 4 is 44.8 Å². The number of nitrogens with zero attached hydrogens (tertiary/aromatic N) is 1. The van der Waals surface area contributed by atoms with Gasteiger partial charge in [0.1, 0.15) is 0 Å². The van der Waals surface area contributed by atoms with Crippen LogP contribution in [-0.4, -0.2) is 31.7 Å². The van der Waals surface area contributed by atoms with Crippen LogP contribution >= 0.6 is 23.2 Å². The van der Waals surface area contributed by atoms with Crippen LogP contribution in [0.25, 0.3) is 0 Å². The van der Waals surface area contributed by atoms with Crippen LogP contribution in [0.3, 0.4) is 0 Å². The van der Waals surface area contributed by atoms with Gasteiger partial charge in [0, 0.05) is 28.8 Å². The zero-order valence-corrected chi connectivity index (χ0v) is 16.2. The molecule has 0 spiro atoms. The molecule has 0 bridgehead atoms. The quantitative estimate of drug-likeness (QED) is 0.823. The fourth-order valence-corrected chi connectivity index (χ4v) is 4.68. The minimum absolute atomic E-state index is 0.157. The lowest BCUT2D eigenvalue weighted by molar-refractivity contribution is -0.120. The zero-order valence-electron chi connectivity index (χ0n) is 13.9. The van der Waals surface area contributed by atoms with Crippen LogP contribution in [0.4, 0.5) is 5.69 Å². The van der Waals surface area contributed by atoms with E-state index in [9.17, 15) is 13.2 Å². The first kappa shape index (κ1) is 19.2. The average Bonchev–Trinajstić information content (AvgIpc) is 2.64. The number of hydrogen-bond acceptors (Lipinski definition) is 3. The lowest BCUT2D eigenvalue weighted by Gasteiger charge is -2.31. The molecule has 2 aromatic carbocycles. The van der Waals surface area contributed by atoms with E-state index in [1.807, 2.05) is 0 Å². The highest BCUT2D eigenvalue weighted by Crippen LogP contribution is 2.25. The minimum atomic E-state index is -3.65. The van der Waals surface area contributed by atoms with Crippen LogP contribution < -0.4 is 5.32 Å². The third kappa shape index (κ3) is 4.38. The Bertz CT molecular complexity index is 884. The lowest BCUT2D eigenvalue weighted by Crippen LogP contribution is -2.43. The molecule has 1 fully saturated rings. The number of halogens is 2. The number of amides is 1. The third-order valence-electron chi connectivity index (χ3n) is 4.32. The average molecular weight is 413 g/mol. The van der Waals surface area contributed by atoms with E-state index in [1.165, 1.54) is 16.4 Å². The molecular weight excluding hydrogens is 395 g/mol.